The van der Waals surface area contributed by atoms with E-state index >= 15 is 0 Å². The number of nitrogens with zero attached hydrogens (tertiary/aromatic N) is 1. The molecule has 1 aromatic rings. The van der Waals surface area contributed by atoms with Gasteiger partial charge in [-0.05, 0) is 6.08 Å². The smallest absolute Gasteiger partial charge is 0.373 e. The zero-order chi connectivity index (χ0) is 24.4. The minimum atomic E-state index is -1.77. The molecule has 1 fully saturated rings. The number of aromatic nitrogens is 2. The highest BCUT2D eigenvalue weighted by Crippen LogP contribution is 2.34. The van der Waals surface area contributed by atoms with Crippen molar-refractivity contribution in [2.75, 3.05) is 14.2 Å². The topological polar surface area (TPSA) is 222 Å². The number of aromatic amines is 1. The Labute approximate surface area is 184 Å². The summed E-state index contributed by atoms with van der Waals surface area (Å²) in [5, 5.41) is 30.8. The maximum Gasteiger partial charge on any atom is 0.373 e. The number of ether oxygens (including phenoxy) is 5. The average Bonchev–Trinajstić information content (AvgIpc) is 3.09. The van der Waals surface area contributed by atoms with Gasteiger partial charge in [0.15, 0.2) is 12.3 Å². The average molecular weight is 473 g/mol. The van der Waals surface area contributed by atoms with Gasteiger partial charge in [0.1, 0.15) is 30.5 Å². The Morgan fingerprint density at radius 2 is 1.91 bits per heavy atom. The van der Waals surface area contributed by atoms with E-state index < -0.39 is 78.0 Å². The Hall–Kier alpha value is -3.08. The van der Waals surface area contributed by atoms with Gasteiger partial charge in [0.05, 0.1) is 7.11 Å². The van der Waals surface area contributed by atoms with Gasteiger partial charge >= 0.3 is 11.7 Å². The summed E-state index contributed by atoms with van der Waals surface area (Å²) in [6.45, 7) is 0. The fourth-order valence-corrected chi connectivity index (χ4v) is 3.48. The molecular weight excluding hydrogens is 450 g/mol. The number of nitrogens with two attached hydrogens (primary N) is 1. The van der Waals surface area contributed by atoms with Crippen LogP contribution < -0.4 is 17.0 Å². The van der Waals surface area contributed by atoms with E-state index in [-0.39, 0.29) is 0 Å². The van der Waals surface area contributed by atoms with Gasteiger partial charge in [0.2, 0.25) is 18.0 Å². The molecule has 0 radical (unpaired) electrons. The third-order valence-corrected chi connectivity index (χ3v) is 5.09. The molecule has 2 aliphatic rings. The summed E-state index contributed by atoms with van der Waals surface area (Å²) >= 11 is 0. The van der Waals surface area contributed by atoms with Crippen molar-refractivity contribution in [3.8, 4) is 0 Å². The molecule has 8 unspecified atom stereocenters. The number of carbonyl (C=O) groups excluding carboxylic acids is 2. The van der Waals surface area contributed by atoms with Crippen LogP contribution in [0.2, 0.25) is 0 Å². The number of esters is 1. The fourth-order valence-electron chi connectivity index (χ4n) is 3.48. The van der Waals surface area contributed by atoms with Gasteiger partial charge in [0.25, 0.3) is 5.56 Å². The van der Waals surface area contributed by atoms with E-state index in [1.165, 1.54) is 7.11 Å². The molecule has 3 rings (SSSR count). The number of aliphatic hydroxyl groups excluding tert-OH is 3. The molecule has 0 spiro atoms. The number of nitrogens with one attached hydrogen (secondary N) is 1. The van der Waals surface area contributed by atoms with Crippen LogP contribution in [0.4, 0.5) is 0 Å². The first kappa shape index (κ1) is 24.6. The summed E-state index contributed by atoms with van der Waals surface area (Å²) in [4.78, 5) is 49.4. The lowest BCUT2D eigenvalue weighted by Crippen LogP contribution is -2.53. The van der Waals surface area contributed by atoms with E-state index in [1.54, 1.807) is 0 Å². The van der Waals surface area contributed by atoms with Crippen LogP contribution in [-0.2, 0) is 33.3 Å². The van der Waals surface area contributed by atoms with Crippen molar-refractivity contribution in [3.05, 3.63) is 44.9 Å². The van der Waals surface area contributed by atoms with Crippen molar-refractivity contribution >= 4 is 11.9 Å². The second kappa shape index (κ2) is 9.82. The van der Waals surface area contributed by atoms with Gasteiger partial charge < -0.3 is 44.7 Å². The second-order valence-electron chi connectivity index (χ2n) is 7.15. The number of amides is 1. The van der Waals surface area contributed by atoms with Crippen LogP contribution in [0.3, 0.4) is 0 Å². The SMILES string of the molecule is COC(=O)C1=CC(O)C(O)C(OC(C(N)=O)C2OC(n3ccc(=O)[nH]c3=O)C(O)C2OC)O1. The Morgan fingerprint density at radius 3 is 2.48 bits per heavy atom. The highest BCUT2D eigenvalue weighted by atomic mass is 16.7. The summed E-state index contributed by atoms with van der Waals surface area (Å²) in [7, 11) is 2.25. The zero-order valence-electron chi connectivity index (χ0n) is 17.4. The van der Waals surface area contributed by atoms with Crippen molar-refractivity contribution < 1.29 is 48.6 Å². The van der Waals surface area contributed by atoms with E-state index in [9.17, 15) is 34.5 Å². The number of primary amides is 1. The molecule has 15 nitrogen and oxygen atoms in total. The Bertz CT molecular complexity index is 1030. The summed E-state index contributed by atoms with van der Waals surface area (Å²) in [5.41, 5.74) is 3.84. The third kappa shape index (κ3) is 4.82. The first-order chi connectivity index (χ1) is 15.6. The van der Waals surface area contributed by atoms with E-state index in [2.05, 4.69) is 4.74 Å². The molecule has 1 aromatic heterocycles. The van der Waals surface area contributed by atoms with E-state index in [0.717, 1.165) is 30.0 Å². The molecule has 0 aliphatic carbocycles. The minimum Gasteiger partial charge on any atom is -0.463 e. The minimum absolute atomic E-state index is 0.489. The summed E-state index contributed by atoms with van der Waals surface area (Å²) in [5.74, 6) is -2.61. The number of H-pyrrole nitrogens is 1. The highest BCUT2D eigenvalue weighted by Gasteiger charge is 2.52. The molecule has 1 amide bonds. The second-order valence-corrected chi connectivity index (χ2v) is 7.15. The van der Waals surface area contributed by atoms with Crippen LogP contribution in [0, 0.1) is 0 Å². The monoisotopic (exact) mass is 473 g/mol. The predicted octanol–water partition coefficient (Wildman–Crippen LogP) is -4.18. The third-order valence-electron chi connectivity index (χ3n) is 5.09. The van der Waals surface area contributed by atoms with Crippen molar-refractivity contribution in [2.24, 2.45) is 5.73 Å². The molecule has 6 N–H and O–H groups in total. The largest absolute Gasteiger partial charge is 0.463 e. The van der Waals surface area contributed by atoms with E-state index in [1.807, 2.05) is 4.98 Å². The van der Waals surface area contributed by atoms with E-state index in [0.29, 0.717) is 0 Å². The fraction of sp³-hybridized carbons (Fsp3) is 0.556. The maximum absolute atomic E-state index is 12.2. The number of aliphatic hydroxyl groups is 3. The quantitative estimate of drug-likeness (QED) is 0.238. The van der Waals surface area contributed by atoms with Crippen LogP contribution in [0.25, 0.3) is 0 Å². The number of hydrogen-bond donors (Lipinski definition) is 5. The maximum atomic E-state index is 12.2. The van der Waals surface area contributed by atoms with Gasteiger partial charge in [-0.3, -0.25) is 19.1 Å². The summed E-state index contributed by atoms with van der Waals surface area (Å²) in [6, 6.07) is 1.02. The molecule has 0 aromatic carbocycles. The number of carbonyl (C=O) groups is 2. The van der Waals surface area contributed by atoms with Gasteiger partial charge in [-0.25, -0.2) is 9.59 Å². The Kier molecular flexibility index (Phi) is 7.31. The lowest BCUT2D eigenvalue weighted by molar-refractivity contribution is -0.242. The summed E-state index contributed by atoms with van der Waals surface area (Å²) in [6.07, 6.45) is -10.6. The van der Waals surface area contributed by atoms with E-state index in [4.69, 9.17) is 24.7 Å². The lowest BCUT2D eigenvalue weighted by atomic mass is 10.0. The van der Waals surface area contributed by atoms with Crippen molar-refractivity contribution in [1.82, 2.24) is 9.55 Å². The first-order valence-corrected chi connectivity index (χ1v) is 9.54. The van der Waals surface area contributed by atoms with Crippen LogP contribution >= 0.6 is 0 Å². The van der Waals surface area contributed by atoms with Gasteiger partial charge in [-0.2, -0.15) is 0 Å². The number of hydrogen-bond acceptors (Lipinski definition) is 12. The lowest BCUT2D eigenvalue weighted by Gasteiger charge is -2.34. The number of rotatable bonds is 7. The predicted molar refractivity (Wildman–Crippen MR) is 103 cm³/mol. The first-order valence-electron chi connectivity index (χ1n) is 9.54. The normalized spacial score (nSPS) is 32.5. The van der Waals surface area contributed by atoms with Gasteiger partial charge in [-0.15, -0.1) is 0 Å². The Morgan fingerprint density at radius 1 is 1.21 bits per heavy atom. The number of methoxy groups -OCH3 is 2. The molecule has 1 saturated heterocycles. The van der Waals surface area contributed by atoms with Crippen LogP contribution in [0.5, 0.6) is 0 Å². The van der Waals surface area contributed by atoms with Gasteiger partial charge in [-0.1, -0.05) is 0 Å². The molecule has 0 bridgehead atoms. The van der Waals surface area contributed by atoms with Crippen molar-refractivity contribution in [3.63, 3.8) is 0 Å². The molecule has 2 aliphatic heterocycles. The highest BCUT2D eigenvalue weighted by molar-refractivity contribution is 5.86. The van der Waals surface area contributed by atoms with Gasteiger partial charge in [0, 0.05) is 19.4 Å². The van der Waals surface area contributed by atoms with Crippen molar-refractivity contribution in [1.29, 1.82) is 0 Å². The standard InChI is InChI=1S/C18H23N3O12/c1-29-11-10(25)15(21-4-3-8(23)20-18(21)28)32-12(11)13(14(19)26)33-17-9(24)6(22)5-7(31-17)16(27)30-2/h3-6,9-13,15,17,22,24-25H,1-2H3,(H2,19,26)(H,20,23,28). The molecule has 182 valence electrons. The molecule has 8 atom stereocenters. The molecule has 33 heavy (non-hydrogen) atoms. The molecule has 15 heteroatoms. The molecule has 3 heterocycles. The molecular formula is C18H23N3O12. The van der Waals surface area contributed by atoms with Crippen LogP contribution in [-0.4, -0.2) is 93.9 Å². The summed E-state index contributed by atoms with van der Waals surface area (Å²) < 4.78 is 26.8. The van der Waals surface area contributed by atoms with Crippen LogP contribution in [0.1, 0.15) is 6.23 Å². The molecule has 0 saturated carbocycles. The van der Waals surface area contributed by atoms with Crippen molar-refractivity contribution in [2.45, 2.75) is 49.1 Å². The zero-order valence-corrected chi connectivity index (χ0v) is 17.4. The Balaban J connectivity index is 1.88. The van der Waals surface area contributed by atoms with Crippen LogP contribution in [0.15, 0.2) is 33.7 Å².